The Morgan fingerprint density at radius 3 is 2.54 bits per heavy atom. The highest BCUT2D eigenvalue weighted by Crippen LogP contribution is 2.03. The Hall–Kier alpha value is -0.780. The first-order valence-electron chi connectivity index (χ1n) is 5.34. The second kappa shape index (κ2) is 11.2. The maximum atomic E-state index is 3.62. The van der Waals surface area contributed by atoms with Crippen LogP contribution in [-0.4, -0.2) is 0 Å². The molecule has 0 saturated heterocycles. The van der Waals surface area contributed by atoms with E-state index in [1.165, 1.54) is 32.1 Å². The van der Waals surface area contributed by atoms with E-state index in [0.717, 1.165) is 6.42 Å². The van der Waals surface area contributed by atoms with Crippen LogP contribution in [0.5, 0.6) is 0 Å². The summed E-state index contributed by atoms with van der Waals surface area (Å²) in [4.78, 5) is 0. The van der Waals surface area contributed by atoms with Gasteiger partial charge in [-0.1, -0.05) is 63.1 Å². The second-order valence-corrected chi connectivity index (χ2v) is 3.22. The van der Waals surface area contributed by atoms with E-state index in [9.17, 15) is 0 Å². The summed E-state index contributed by atoms with van der Waals surface area (Å²) in [6, 6.07) is 0. The van der Waals surface area contributed by atoms with Gasteiger partial charge in [-0.25, -0.2) is 0 Å². The van der Waals surface area contributed by atoms with Gasteiger partial charge in [0.05, 0.1) is 0 Å². The molecule has 0 aromatic heterocycles. The third-order valence-corrected chi connectivity index (χ3v) is 1.94. The average Bonchev–Trinajstić information content (AvgIpc) is 2.16. The van der Waals surface area contributed by atoms with Crippen molar-refractivity contribution in [2.75, 3.05) is 0 Å². The summed E-state index contributed by atoms with van der Waals surface area (Å²) in [5.74, 6) is 0. The Labute approximate surface area is 83.0 Å². The fraction of sp³-hybridized carbons (Fsp3) is 0.538. The minimum Gasteiger partial charge on any atom is -0.0991 e. The van der Waals surface area contributed by atoms with Crippen molar-refractivity contribution in [1.82, 2.24) is 0 Å². The highest BCUT2D eigenvalue weighted by molar-refractivity contribution is 5.00. The second-order valence-electron chi connectivity index (χ2n) is 3.22. The van der Waals surface area contributed by atoms with Crippen LogP contribution in [0.3, 0.4) is 0 Å². The van der Waals surface area contributed by atoms with Crippen molar-refractivity contribution in [3.63, 3.8) is 0 Å². The lowest BCUT2D eigenvalue weighted by Gasteiger charge is -1.93. The first kappa shape index (κ1) is 12.2. The van der Waals surface area contributed by atoms with E-state index in [4.69, 9.17) is 0 Å². The molecule has 0 spiro atoms. The molecule has 0 atom stereocenters. The zero-order valence-electron chi connectivity index (χ0n) is 8.84. The topological polar surface area (TPSA) is 0 Å². The molecule has 0 aliphatic heterocycles. The Bertz CT molecular complexity index is 151. The molecule has 0 heteroatoms. The molecule has 0 N–H and O–H groups in total. The minimum absolute atomic E-state index is 1.04. The fourth-order valence-electron chi connectivity index (χ4n) is 1.16. The lowest BCUT2D eigenvalue weighted by atomic mass is 10.1. The number of rotatable bonds is 8. The molecule has 0 bridgehead atoms. The summed E-state index contributed by atoms with van der Waals surface area (Å²) in [6.07, 6.45) is 18.1. The van der Waals surface area contributed by atoms with Crippen molar-refractivity contribution in [3.8, 4) is 0 Å². The van der Waals surface area contributed by atoms with Crippen molar-refractivity contribution < 1.29 is 0 Å². The number of hydrogen-bond donors (Lipinski definition) is 0. The molecular formula is C13H22. The maximum absolute atomic E-state index is 3.62. The summed E-state index contributed by atoms with van der Waals surface area (Å²) in [7, 11) is 0. The van der Waals surface area contributed by atoms with E-state index in [2.05, 4.69) is 31.7 Å². The summed E-state index contributed by atoms with van der Waals surface area (Å²) in [6.45, 7) is 5.86. The lowest BCUT2D eigenvalue weighted by Crippen LogP contribution is -1.73. The number of unbranched alkanes of at least 4 members (excludes halogenated alkanes) is 4. The van der Waals surface area contributed by atoms with E-state index in [0.29, 0.717) is 0 Å². The largest absolute Gasteiger partial charge is 0.0991 e. The van der Waals surface area contributed by atoms with Crippen LogP contribution in [0.4, 0.5) is 0 Å². The van der Waals surface area contributed by atoms with Gasteiger partial charge in [0.1, 0.15) is 0 Å². The fourth-order valence-corrected chi connectivity index (χ4v) is 1.16. The highest BCUT2D eigenvalue weighted by atomic mass is 13.9. The molecule has 0 amide bonds. The van der Waals surface area contributed by atoms with Gasteiger partial charge in [0, 0.05) is 0 Å². The Balaban J connectivity index is 3.12. The molecule has 0 radical (unpaired) electrons. The van der Waals surface area contributed by atoms with Crippen LogP contribution in [0.25, 0.3) is 0 Å². The van der Waals surface area contributed by atoms with Crippen molar-refractivity contribution in [2.24, 2.45) is 0 Å². The van der Waals surface area contributed by atoms with Crippen molar-refractivity contribution in [1.29, 1.82) is 0 Å². The lowest BCUT2D eigenvalue weighted by molar-refractivity contribution is 0.674. The van der Waals surface area contributed by atoms with Gasteiger partial charge in [-0.3, -0.25) is 0 Å². The Kier molecular flexibility index (Phi) is 10.5. The zero-order chi connectivity index (χ0) is 9.78. The normalized spacial score (nSPS) is 11.5. The standard InChI is InChI=1S/C13H22/c1-3-5-7-9-11-13-12-10-8-6-4-2/h3,5,7,11,13H,1,4,6,8-10,12H2,2H3/b7-5-,13-11-. The molecule has 13 heavy (non-hydrogen) atoms. The van der Waals surface area contributed by atoms with E-state index in [-0.39, 0.29) is 0 Å². The van der Waals surface area contributed by atoms with Gasteiger partial charge in [0.25, 0.3) is 0 Å². The van der Waals surface area contributed by atoms with Gasteiger partial charge in [0.15, 0.2) is 0 Å². The monoisotopic (exact) mass is 178 g/mol. The molecule has 0 unspecified atom stereocenters. The molecule has 0 heterocycles. The van der Waals surface area contributed by atoms with E-state index < -0.39 is 0 Å². The average molecular weight is 178 g/mol. The van der Waals surface area contributed by atoms with E-state index >= 15 is 0 Å². The molecule has 0 saturated carbocycles. The molecule has 0 nitrogen and oxygen atoms in total. The number of allylic oxidation sites excluding steroid dienone is 5. The van der Waals surface area contributed by atoms with E-state index in [1.807, 2.05) is 12.2 Å². The molecule has 74 valence electrons. The molecular weight excluding hydrogens is 156 g/mol. The van der Waals surface area contributed by atoms with Gasteiger partial charge in [-0.05, 0) is 19.3 Å². The molecule has 0 aromatic carbocycles. The third kappa shape index (κ3) is 11.2. The van der Waals surface area contributed by atoms with Crippen LogP contribution in [0, 0.1) is 0 Å². The van der Waals surface area contributed by atoms with Crippen LogP contribution < -0.4 is 0 Å². The molecule has 0 aliphatic carbocycles. The van der Waals surface area contributed by atoms with E-state index in [1.54, 1.807) is 0 Å². The maximum Gasteiger partial charge on any atom is -0.0166 e. The quantitative estimate of drug-likeness (QED) is 0.288. The van der Waals surface area contributed by atoms with Crippen LogP contribution in [0.2, 0.25) is 0 Å². The summed E-state index contributed by atoms with van der Waals surface area (Å²) >= 11 is 0. The number of hydrogen-bond acceptors (Lipinski definition) is 0. The van der Waals surface area contributed by atoms with Gasteiger partial charge >= 0.3 is 0 Å². The van der Waals surface area contributed by atoms with Gasteiger partial charge in [-0.15, -0.1) is 0 Å². The zero-order valence-corrected chi connectivity index (χ0v) is 8.84. The predicted molar refractivity (Wildman–Crippen MR) is 61.9 cm³/mol. The predicted octanol–water partition coefficient (Wildman–Crippen LogP) is 4.65. The molecule has 0 aliphatic rings. The van der Waals surface area contributed by atoms with Crippen LogP contribution in [-0.2, 0) is 0 Å². The Morgan fingerprint density at radius 1 is 1.00 bits per heavy atom. The first-order valence-corrected chi connectivity index (χ1v) is 5.34. The molecule has 0 rings (SSSR count). The summed E-state index contributed by atoms with van der Waals surface area (Å²) in [5.41, 5.74) is 0. The van der Waals surface area contributed by atoms with Gasteiger partial charge in [0.2, 0.25) is 0 Å². The van der Waals surface area contributed by atoms with Gasteiger partial charge < -0.3 is 0 Å². The van der Waals surface area contributed by atoms with Crippen LogP contribution in [0.15, 0.2) is 37.0 Å². The Morgan fingerprint density at radius 2 is 1.85 bits per heavy atom. The third-order valence-electron chi connectivity index (χ3n) is 1.94. The SMILES string of the molecule is C=C/C=C\C/C=C\CCCCCC. The molecule has 0 fully saturated rings. The van der Waals surface area contributed by atoms with Gasteiger partial charge in [-0.2, -0.15) is 0 Å². The van der Waals surface area contributed by atoms with Crippen LogP contribution in [0.1, 0.15) is 45.4 Å². The van der Waals surface area contributed by atoms with Crippen molar-refractivity contribution in [3.05, 3.63) is 37.0 Å². The van der Waals surface area contributed by atoms with Crippen molar-refractivity contribution >= 4 is 0 Å². The van der Waals surface area contributed by atoms with Crippen LogP contribution >= 0.6 is 0 Å². The first-order chi connectivity index (χ1) is 6.41. The molecule has 0 aromatic rings. The smallest absolute Gasteiger partial charge is 0.0166 e. The summed E-state index contributed by atoms with van der Waals surface area (Å²) < 4.78 is 0. The minimum atomic E-state index is 1.04. The van der Waals surface area contributed by atoms with Crippen molar-refractivity contribution in [2.45, 2.75) is 45.4 Å². The summed E-state index contributed by atoms with van der Waals surface area (Å²) in [5, 5.41) is 0. The highest BCUT2D eigenvalue weighted by Gasteiger charge is 1.83.